The van der Waals surface area contributed by atoms with Crippen molar-refractivity contribution in [3.05, 3.63) is 11.6 Å². The summed E-state index contributed by atoms with van der Waals surface area (Å²) in [6.07, 6.45) is 12.5. The van der Waals surface area contributed by atoms with Crippen molar-refractivity contribution in [3.63, 3.8) is 0 Å². The highest BCUT2D eigenvalue weighted by Gasteiger charge is 2.34. The Balaban J connectivity index is 1.36. The monoisotopic (exact) mass is 443 g/mol. The Morgan fingerprint density at radius 2 is 1.22 bits per heavy atom. The van der Waals surface area contributed by atoms with E-state index in [2.05, 4.69) is 0 Å². The van der Waals surface area contributed by atoms with Crippen molar-refractivity contribution in [1.29, 1.82) is 0 Å². The van der Waals surface area contributed by atoms with E-state index in [-0.39, 0.29) is 23.8 Å². The van der Waals surface area contributed by atoms with Gasteiger partial charge in [0.15, 0.2) is 5.75 Å². The van der Waals surface area contributed by atoms with Crippen LogP contribution in [0.4, 0.5) is 17.1 Å². The minimum Gasteiger partial charge on any atom is -0.424 e. The summed E-state index contributed by atoms with van der Waals surface area (Å²) in [6, 6.07) is 2.31. The predicted molar refractivity (Wildman–Crippen MR) is 130 cm³/mol. The average molecular weight is 444 g/mol. The van der Waals surface area contributed by atoms with Gasteiger partial charge in [0.05, 0.1) is 17.3 Å². The smallest absolute Gasteiger partial charge is 0.314 e. The highest BCUT2D eigenvalue weighted by molar-refractivity contribution is 5.85. The molecule has 3 aliphatic rings. The minimum absolute atomic E-state index is 0.0848. The third-order valence-corrected chi connectivity index (χ3v) is 8.42. The summed E-state index contributed by atoms with van der Waals surface area (Å²) < 4.78 is 5.74. The zero-order chi connectivity index (χ0) is 22.8. The van der Waals surface area contributed by atoms with Gasteiger partial charge < -0.3 is 33.4 Å². The van der Waals surface area contributed by atoms with E-state index >= 15 is 0 Å². The van der Waals surface area contributed by atoms with Crippen LogP contribution >= 0.6 is 0 Å². The number of anilines is 3. The number of ether oxygens (including phenoxy) is 1. The summed E-state index contributed by atoms with van der Waals surface area (Å²) in [6.45, 7) is 0. The molecule has 178 valence electrons. The van der Waals surface area contributed by atoms with Crippen LogP contribution in [0.1, 0.15) is 88.5 Å². The van der Waals surface area contributed by atoms with Crippen LogP contribution in [-0.4, -0.2) is 18.1 Å². The molecule has 32 heavy (non-hydrogen) atoms. The van der Waals surface area contributed by atoms with E-state index in [0.717, 1.165) is 75.7 Å². The number of nitrogens with two attached hydrogens (primary N) is 5. The van der Waals surface area contributed by atoms with Crippen LogP contribution in [0.2, 0.25) is 0 Å². The number of hydrogen-bond acceptors (Lipinski definition) is 7. The minimum atomic E-state index is -0.212. The molecule has 0 amide bonds. The Bertz CT molecular complexity index is 805. The molecule has 7 heteroatoms. The highest BCUT2D eigenvalue weighted by atomic mass is 16.5. The zero-order valence-electron chi connectivity index (χ0n) is 19.2. The van der Waals surface area contributed by atoms with Gasteiger partial charge in [0.25, 0.3) is 0 Å². The lowest BCUT2D eigenvalue weighted by Crippen LogP contribution is -2.33. The fraction of sp³-hybridized carbons (Fsp3) is 0.720. The SMILES string of the molecule is Nc1cc(OC(=O)C2CCC(C3CCC(N)CC3)CC2)c(N)c(N)c1C1CCC(N)CC1. The van der Waals surface area contributed by atoms with Crippen LogP contribution < -0.4 is 33.4 Å². The number of benzene rings is 1. The van der Waals surface area contributed by atoms with Crippen molar-refractivity contribution in [3.8, 4) is 5.75 Å². The third kappa shape index (κ3) is 4.99. The molecule has 7 nitrogen and oxygen atoms in total. The molecule has 3 saturated carbocycles. The number of nitrogen functional groups attached to an aromatic ring is 3. The van der Waals surface area contributed by atoms with Crippen LogP contribution in [0.25, 0.3) is 0 Å². The van der Waals surface area contributed by atoms with E-state index in [4.69, 9.17) is 33.4 Å². The van der Waals surface area contributed by atoms with Gasteiger partial charge in [-0.15, -0.1) is 0 Å². The van der Waals surface area contributed by atoms with E-state index in [9.17, 15) is 4.79 Å². The molecule has 0 aliphatic heterocycles. The first-order valence-corrected chi connectivity index (χ1v) is 12.5. The largest absolute Gasteiger partial charge is 0.424 e. The van der Waals surface area contributed by atoms with E-state index < -0.39 is 0 Å². The third-order valence-electron chi connectivity index (χ3n) is 8.42. The Morgan fingerprint density at radius 3 is 1.78 bits per heavy atom. The first-order chi connectivity index (χ1) is 15.3. The molecule has 4 rings (SSSR count). The quantitative estimate of drug-likeness (QED) is 0.270. The molecule has 0 bridgehead atoms. The maximum atomic E-state index is 12.9. The predicted octanol–water partition coefficient (Wildman–Crippen LogP) is 3.65. The van der Waals surface area contributed by atoms with Gasteiger partial charge in [0.2, 0.25) is 0 Å². The lowest BCUT2D eigenvalue weighted by atomic mass is 9.70. The van der Waals surface area contributed by atoms with Gasteiger partial charge in [-0.1, -0.05) is 0 Å². The van der Waals surface area contributed by atoms with Gasteiger partial charge in [-0.25, -0.2) is 0 Å². The molecule has 3 fully saturated rings. The molecular weight excluding hydrogens is 402 g/mol. The number of carbonyl (C=O) groups excluding carboxylic acids is 1. The van der Waals surface area contributed by atoms with Gasteiger partial charge in [-0.3, -0.25) is 4.79 Å². The Labute approximate surface area is 191 Å². The van der Waals surface area contributed by atoms with Gasteiger partial charge >= 0.3 is 5.97 Å². The van der Waals surface area contributed by atoms with Gasteiger partial charge in [-0.05, 0) is 94.8 Å². The van der Waals surface area contributed by atoms with Crippen LogP contribution in [0.3, 0.4) is 0 Å². The summed E-state index contributed by atoms with van der Waals surface area (Å²) in [5, 5.41) is 0. The summed E-state index contributed by atoms with van der Waals surface area (Å²) in [4.78, 5) is 12.9. The van der Waals surface area contributed by atoms with E-state index in [1.54, 1.807) is 6.07 Å². The van der Waals surface area contributed by atoms with E-state index in [1.165, 1.54) is 12.8 Å². The molecule has 0 heterocycles. The summed E-state index contributed by atoms with van der Waals surface area (Å²) in [5.41, 5.74) is 33.4. The Kier molecular flexibility index (Phi) is 7.15. The maximum absolute atomic E-state index is 12.9. The topological polar surface area (TPSA) is 156 Å². The maximum Gasteiger partial charge on any atom is 0.314 e. The van der Waals surface area contributed by atoms with E-state index in [1.807, 2.05) is 0 Å². The first-order valence-electron chi connectivity index (χ1n) is 12.5. The molecule has 0 atom stereocenters. The number of hydrogen-bond donors (Lipinski definition) is 5. The van der Waals surface area contributed by atoms with Crippen molar-refractivity contribution in [1.82, 2.24) is 0 Å². The lowest BCUT2D eigenvalue weighted by molar-refractivity contribution is -0.140. The summed E-state index contributed by atoms with van der Waals surface area (Å²) >= 11 is 0. The Morgan fingerprint density at radius 1 is 0.719 bits per heavy atom. The molecule has 1 aromatic carbocycles. The molecule has 0 saturated heterocycles. The molecule has 10 N–H and O–H groups in total. The summed E-state index contributed by atoms with van der Waals surface area (Å²) in [7, 11) is 0. The van der Waals surface area contributed by atoms with Crippen LogP contribution in [-0.2, 0) is 4.79 Å². The van der Waals surface area contributed by atoms with Gasteiger partial charge in [0, 0.05) is 29.4 Å². The molecule has 0 spiro atoms. The number of esters is 1. The summed E-state index contributed by atoms with van der Waals surface area (Å²) in [5.74, 6) is 1.74. The van der Waals surface area contributed by atoms with Crippen LogP contribution in [0.15, 0.2) is 6.07 Å². The Hall–Kier alpha value is -1.99. The number of carbonyl (C=O) groups is 1. The van der Waals surface area contributed by atoms with E-state index in [0.29, 0.717) is 34.8 Å². The molecule has 0 aromatic heterocycles. The van der Waals surface area contributed by atoms with Crippen molar-refractivity contribution in [2.75, 3.05) is 17.2 Å². The molecule has 0 unspecified atom stereocenters. The van der Waals surface area contributed by atoms with Gasteiger partial charge in [0.1, 0.15) is 0 Å². The average Bonchev–Trinajstić information content (AvgIpc) is 2.79. The molecule has 1 aromatic rings. The first kappa shape index (κ1) is 23.2. The highest BCUT2D eigenvalue weighted by Crippen LogP contribution is 2.45. The molecule has 0 radical (unpaired) electrons. The standard InChI is InChI=1S/C25H41N5O2/c26-18-9-5-15(6-10-18)14-1-3-17(4-2-14)25(31)32-21-13-20(28)22(24(30)23(21)29)16-7-11-19(27)12-8-16/h13-19H,1-12,26-30H2. The second-order valence-corrected chi connectivity index (χ2v) is 10.5. The van der Waals surface area contributed by atoms with Crippen LogP contribution in [0.5, 0.6) is 5.75 Å². The van der Waals surface area contributed by atoms with Crippen molar-refractivity contribution in [2.24, 2.45) is 29.2 Å². The normalized spacial score (nSPS) is 33.6. The number of rotatable bonds is 4. The van der Waals surface area contributed by atoms with Crippen molar-refractivity contribution >= 4 is 23.0 Å². The fourth-order valence-corrected chi connectivity index (χ4v) is 6.31. The molecule has 3 aliphatic carbocycles. The van der Waals surface area contributed by atoms with Crippen molar-refractivity contribution < 1.29 is 9.53 Å². The fourth-order valence-electron chi connectivity index (χ4n) is 6.31. The van der Waals surface area contributed by atoms with Gasteiger partial charge in [-0.2, -0.15) is 0 Å². The second kappa shape index (κ2) is 9.87. The second-order valence-electron chi connectivity index (χ2n) is 10.5. The lowest BCUT2D eigenvalue weighted by Gasteiger charge is -2.36. The van der Waals surface area contributed by atoms with Crippen molar-refractivity contribution in [2.45, 2.75) is 95.1 Å². The van der Waals surface area contributed by atoms with Crippen LogP contribution in [0, 0.1) is 17.8 Å². The zero-order valence-corrected chi connectivity index (χ0v) is 19.2. The molecular formula is C25H41N5O2.